The Labute approximate surface area is 186 Å². The van der Waals surface area contributed by atoms with E-state index in [1.807, 2.05) is 54.8 Å². The molecule has 0 bridgehead atoms. The number of benzene rings is 2. The fourth-order valence-electron chi connectivity index (χ4n) is 2.90. The number of carbonyl (C=O) groups is 1. The van der Waals surface area contributed by atoms with Crippen LogP contribution in [0.15, 0.2) is 60.3 Å². The van der Waals surface area contributed by atoms with Crippen LogP contribution in [0.2, 0.25) is 0 Å². The highest BCUT2D eigenvalue weighted by atomic mass is 32.2. The molecular formula is C23H26N4O3S. The van der Waals surface area contributed by atoms with Crippen LogP contribution in [-0.2, 0) is 17.9 Å². The fraction of sp³-hybridized carbons (Fsp3) is 0.261. The molecule has 0 atom stereocenters. The molecule has 3 rings (SSSR count). The first-order valence-electron chi connectivity index (χ1n) is 9.80. The van der Waals surface area contributed by atoms with Crippen LogP contribution in [0.25, 0.3) is 0 Å². The van der Waals surface area contributed by atoms with E-state index in [1.165, 1.54) is 17.3 Å². The van der Waals surface area contributed by atoms with Crippen molar-refractivity contribution in [2.45, 2.75) is 32.2 Å². The summed E-state index contributed by atoms with van der Waals surface area (Å²) in [5.41, 5.74) is 2.95. The number of ether oxygens (including phenoxy) is 2. The molecule has 0 saturated carbocycles. The highest BCUT2D eigenvalue weighted by Gasteiger charge is 2.15. The van der Waals surface area contributed by atoms with Crippen molar-refractivity contribution in [1.82, 2.24) is 14.8 Å². The fourth-order valence-corrected chi connectivity index (χ4v) is 3.66. The Hall–Kier alpha value is -3.26. The molecule has 1 amide bonds. The largest absolute Gasteiger partial charge is 0.497 e. The molecule has 1 N–H and O–H groups in total. The third-order valence-corrected chi connectivity index (χ3v) is 5.67. The molecule has 2 aromatic carbocycles. The van der Waals surface area contributed by atoms with Gasteiger partial charge >= 0.3 is 0 Å². The van der Waals surface area contributed by atoms with Gasteiger partial charge in [0.05, 0.1) is 12.9 Å². The highest BCUT2D eigenvalue weighted by molar-refractivity contribution is 7.99. The van der Waals surface area contributed by atoms with Gasteiger partial charge in [-0.05, 0) is 43.2 Å². The summed E-state index contributed by atoms with van der Waals surface area (Å²) >= 11 is 1.32. The van der Waals surface area contributed by atoms with Crippen LogP contribution in [0, 0.1) is 13.8 Å². The van der Waals surface area contributed by atoms with Crippen molar-refractivity contribution >= 4 is 23.4 Å². The van der Waals surface area contributed by atoms with Gasteiger partial charge in [0, 0.05) is 18.3 Å². The zero-order valence-electron chi connectivity index (χ0n) is 17.9. The van der Waals surface area contributed by atoms with Crippen LogP contribution in [0.3, 0.4) is 0 Å². The number of rotatable bonds is 10. The number of anilines is 1. The van der Waals surface area contributed by atoms with E-state index in [4.69, 9.17) is 9.47 Å². The molecule has 1 heterocycles. The Kier molecular flexibility index (Phi) is 7.72. The van der Waals surface area contributed by atoms with Crippen molar-refractivity contribution in [3.05, 3.63) is 72.1 Å². The lowest BCUT2D eigenvalue weighted by Gasteiger charge is -2.12. The molecule has 0 radical (unpaired) electrons. The van der Waals surface area contributed by atoms with Crippen molar-refractivity contribution in [2.24, 2.45) is 0 Å². The number of thioether (sulfide) groups is 1. The van der Waals surface area contributed by atoms with E-state index in [0.29, 0.717) is 29.0 Å². The topological polar surface area (TPSA) is 78.3 Å². The first-order chi connectivity index (χ1) is 15.0. The van der Waals surface area contributed by atoms with Gasteiger partial charge in [-0.3, -0.25) is 9.36 Å². The predicted octanol–water partition coefficient (Wildman–Crippen LogP) is 4.40. The summed E-state index contributed by atoms with van der Waals surface area (Å²) < 4.78 is 13.1. The minimum absolute atomic E-state index is 0.139. The van der Waals surface area contributed by atoms with Gasteiger partial charge in [0.2, 0.25) is 5.91 Å². The molecule has 8 heteroatoms. The summed E-state index contributed by atoms with van der Waals surface area (Å²) in [5.74, 6) is 2.24. The number of hydrogen-bond acceptors (Lipinski definition) is 6. The lowest BCUT2D eigenvalue weighted by atomic mass is 10.1. The normalized spacial score (nSPS) is 10.5. The number of methoxy groups -OCH3 is 1. The summed E-state index contributed by atoms with van der Waals surface area (Å²) in [6.45, 7) is 8.70. The predicted molar refractivity (Wildman–Crippen MR) is 123 cm³/mol. The summed E-state index contributed by atoms with van der Waals surface area (Å²) in [5, 5.41) is 12.0. The third-order valence-electron chi connectivity index (χ3n) is 4.70. The number of hydrogen-bond donors (Lipinski definition) is 1. The Morgan fingerprint density at radius 2 is 2.03 bits per heavy atom. The number of aryl methyl sites for hydroxylation is 1. The van der Waals surface area contributed by atoms with Gasteiger partial charge in [-0.15, -0.1) is 16.8 Å². The van der Waals surface area contributed by atoms with Crippen LogP contribution < -0.4 is 14.8 Å². The molecule has 0 aliphatic heterocycles. The maximum Gasteiger partial charge on any atom is 0.234 e. The molecule has 0 aliphatic carbocycles. The number of carbonyl (C=O) groups excluding carboxylic acids is 1. The molecule has 0 aliphatic rings. The van der Waals surface area contributed by atoms with Crippen LogP contribution in [0.1, 0.15) is 17.0 Å². The molecular weight excluding hydrogens is 412 g/mol. The van der Waals surface area contributed by atoms with Gasteiger partial charge in [0.15, 0.2) is 11.0 Å². The zero-order chi connectivity index (χ0) is 22.2. The number of nitrogens with zero attached hydrogens (tertiary/aromatic N) is 3. The van der Waals surface area contributed by atoms with Gasteiger partial charge in [0.25, 0.3) is 0 Å². The summed E-state index contributed by atoms with van der Waals surface area (Å²) in [6, 6.07) is 13.2. The van der Waals surface area contributed by atoms with E-state index in [1.54, 1.807) is 19.3 Å². The van der Waals surface area contributed by atoms with Crippen LogP contribution in [0.5, 0.6) is 11.5 Å². The second kappa shape index (κ2) is 10.7. The average molecular weight is 439 g/mol. The number of aromatic nitrogens is 3. The molecule has 1 aromatic heterocycles. The lowest BCUT2D eigenvalue weighted by Crippen LogP contribution is -2.15. The monoisotopic (exact) mass is 438 g/mol. The SMILES string of the molecule is C=CCn1c(COc2cccc(C)c2C)nnc1SCC(=O)Nc1cccc(OC)c1. The maximum atomic E-state index is 12.4. The Morgan fingerprint density at radius 3 is 2.81 bits per heavy atom. The van der Waals surface area contributed by atoms with E-state index in [0.717, 1.165) is 11.3 Å². The summed E-state index contributed by atoms with van der Waals surface area (Å²) in [7, 11) is 1.59. The quantitative estimate of drug-likeness (QED) is 0.373. The van der Waals surface area contributed by atoms with E-state index in [9.17, 15) is 4.79 Å². The Balaban J connectivity index is 1.63. The Morgan fingerprint density at radius 1 is 1.23 bits per heavy atom. The van der Waals surface area contributed by atoms with Crippen LogP contribution >= 0.6 is 11.8 Å². The minimum atomic E-state index is -0.139. The molecule has 3 aromatic rings. The average Bonchev–Trinajstić information content (AvgIpc) is 3.15. The highest BCUT2D eigenvalue weighted by Crippen LogP contribution is 2.23. The number of amides is 1. The van der Waals surface area contributed by atoms with Crippen molar-refractivity contribution in [1.29, 1.82) is 0 Å². The van der Waals surface area contributed by atoms with Crippen molar-refractivity contribution in [3.8, 4) is 11.5 Å². The van der Waals surface area contributed by atoms with Gasteiger partial charge in [-0.1, -0.05) is 36.0 Å². The molecule has 0 unspecified atom stereocenters. The molecule has 0 spiro atoms. The van der Waals surface area contributed by atoms with E-state index in [-0.39, 0.29) is 18.3 Å². The smallest absolute Gasteiger partial charge is 0.234 e. The lowest BCUT2D eigenvalue weighted by molar-refractivity contribution is -0.113. The maximum absolute atomic E-state index is 12.4. The van der Waals surface area contributed by atoms with Gasteiger partial charge in [0.1, 0.15) is 18.1 Å². The molecule has 162 valence electrons. The van der Waals surface area contributed by atoms with Crippen molar-refractivity contribution in [2.75, 3.05) is 18.2 Å². The van der Waals surface area contributed by atoms with Gasteiger partial charge in [-0.25, -0.2) is 0 Å². The zero-order valence-corrected chi connectivity index (χ0v) is 18.7. The number of allylic oxidation sites excluding steroid dienone is 1. The standard InChI is InChI=1S/C23H26N4O3S/c1-5-12-27-21(14-30-20-11-6-8-16(2)17(20)3)25-26-23(27)31-15-22(28)24-18-9-7-10-19(13-18)29-4/h5-11,13H,1,12,14-15H2,2-4H3,(H,24,28). The number of nitrogens with one attached hydrogen (secondary N) is 1. The molecule has 7 nitrogen and oxygen atoms in total. The third kappa shape index (κ3) is 5.88. The van der Waals surface area contributed by atoms with Gasteiger partial charge < -0.3 is 14.8 Å². The van der Waals surface area contributed by atoms with Crippen LogP contribution in [-0.4, -0.2) is 33.5 Å². The summed E-state index contributed by atoms with van der Waals surface area (Å²) in [6.07, 6.45) is 1.77. The molecule has 0 fully saturated rings. The van der Waals surface area contributed by atoms with E-state index in [2.05, 4.69) is 22.1 Å². The minimum Gasteiger partial charge on any atom is -0.497 e. The van der Waals surface area contributed by atoms with E-state index >= 15 is 0 Å². The first kappa shape index (κ1) is 22.4. The first-order valence-corrected chi connectivity index (χ1v) is 10.8. The van der Waals surface area contributed by atoms with Gasteiger partial charge in [-0.2, -0.15) is 0 Å². The summed E-state index contributed by atoms with van der Waals surface area (Å²) in [4.78, 5) is 12.4. The second-order valence-corrected chi connectivity index (χ2v) is 7.80. The molecule has 31 heavy (non-hydrogen) atoms. The Bertz CT molecular complexity index is 1060. The van der Waals surface area contributed by atoms with E-state index < -0.39 is 0 Å². The van der Waals surface area contributed by atoms with Crippen LogP contribution in [0.4, 0.5) is 5.69 Å². The van der Waals surface area contributed by atoms with Crippen molar-refractivity contribution in [3.63, 3.8) is 0 Å². The molecule has 0 saturated heterocycles. The second-order valence-electron chi connectivity index (χ2n) is 6.85. The van der Waals surface area contributed by atoms with Crippen molar-refractivity contribution < 1.29 is 14.3 Å².